The van der Waals surface area contributed by atoms with Crippen molar-refractivity contribution in [3.05, 3.63) is 36.4 Å². The topological polar surface area (TPSA) is 123 Å². The van der Waals surface area contributed by atoms with Gasteiger partial charge in [-0.05, 0) is 43.3 Å². The summed E-state index contributed by atoms with van der Waals surface area (Å²) in [4.78, 5) is 23.0. The van der Waals surface area contributed by atoms with Crippen molar-refractivity contribution in [1.82, 2.24) is 0 Å². The summed E-state index contributed by atoms with van der Waals surface area (Å²) in [5.74, 6) is 0.104. The van der Waals surface area contributed by atoms with Gasteiger partial charge in [-0.3, -0.25) is 14.3 Å². The lowest BCUT2D eigenvalue weighted by atomic mass is 10.2. The number of ether oxygens (including phenoxy) is 2. The molecule has 0 fully saturated rings. The van der Waals surface area contributed by atoms with Crippen molar-refractivity contribution in [1.29, 1.82) is 0 Å². The third-order valence-electron chi connectivity index (χ3n) is 3.95. The van der Waals surface area contributed by atoms with Crippen LogP contribution in [0, 0.1) is 0 Å². The van der Waals surface area contributed by atoms with Crippen LogP contribution in [0.4, 0.5) is 17.1 Å². The number of benzene rings is 2. The number of methoxy groups -OCH3 is 1. The molecule has 2 aromatic rings. The summed E-state index contributed by atoms with van der Waals surface area (Å²) in [6.45, 7) is 2.93. The van der Waals surface area contributed by atoms with Crippen LogP contribution in [0.15, 0.2) is 41.3 Å². The standard InChI is InChI=1S/C18H19N3O6S/c1-10-18(23)20-14-8-12(4-6-17(14)27-10)21-28(24,25)13-5-7-16(26-3)15(9-13)19-11(2)22/h4-10,21H,1-3H3,(H,19,22)(H,20,23)/t10-/m1/s1. The Kier molecular flexibility index (Phi) is 5.14. The molecule has 0 unspecified atom stereocenters. The summed E-state index contributed by atoms with van der Waals surface area (Å²) in [5.41, 5.74) is 0.851. The highest BCUT2D eigenvalue weighted by atomic mass is 32.2. The number of carbonyl (C=O) groups is 2. The second kappa shape index (κ2) is 7.39. The molecule has 3 N–H and O–H groups in total. The number of rotatable bonds is 5. The van der Waals surface area contributed by atoms with Crippen LogP contribution in [0.25, 0.3) is 0 Å². The molecule has 1 aliphatic rings. The monoisotopic (exact) mass is 405 g/mol. The van der Waals surface area contributed by atoms with E-state index >= 15 is 0 Å². The number of carbonyl (C=O) groups excluding carboxylic acids is 2. The smallest absolute Gasteiger partial charge is 0.265 e. The maximum Gasteiger partial charge on any atom is 0.265 e. The van der Waals surface area contributed by atoms with Gasteiger partial charge in [0.15, 0.2) is 6.10 Å². The number of nitrogens with one attached hydrogen (secondary N) is 3. The normalized spacial score (nSPS) is 15.7. The Hall–Kier alpha value is -3.27. The van der Waals surface area contributed by atoms with Gasteiger partial charge in [0, 0.05) is 6.92 Å². The Morgan fingerprint density at radius 1 is 1.21 bits per heavy atom. The van der Waals surface area contributed by atoms with Crippen LogP contribution in [-0.2, 0) is 19.6 Å². The number of sulfonamides is 1. The highest BCUT2D eigenvalue weighted by molar-refractivity contribution is 7.92. The van der Waals surface area contributed by atoms with Crippen LogP contribution in [-0.4, -0.2) is 33.4 Å². The van der Waals surface area contributed by atoms with Gasteiger partial charge in [-0.2, -0.15) is 0 Å². The molecule has 0 saturated carbocycles. The molecule has 0 spiro atoms. The maximum absolute atomic E-state index is 12.7. The molecule has 0 saturated heterocycles. The third-order valence-corrected chi connectivity index (χ3v) is 5.33. The molecule has 1 heterocycles. The molecule has 0 bridgehead atoms. The lowest BCUT2D eigenvalue weighted by molar-refractivity contribution is -0.122. The fraction of sp³-hybridized carbons (Fsp3) is 0.222. The predicted molar refractivity (Wildman–Crippen MR) is 103 cm³/mol. The summed E-state index contributed by atoms with van der Waals surface area (Å²) in [5, 5.41) is 5.19. The van der Waals surface area contributed by atoms with Crippen molar-refractivity contribution in [3.8, 4) is 11.5 Å². The molecule has 148 valence electrons. The minimum absolute atomic E-state index is 0.0660. The summed E-state index contributed by atoms with van der Waals surface area (Å²) < 4.78 is 38.5. The Balaban J connectivity index is 1.89. The molecule has 0 aliphatic carbocycles. The summed E-state index contributed by atoms with van der Waals surface area (Å²) in [6.07, 6.45) is -0.624. The molecule has 2 aromatic carbocycles. The number of hydrogen-bond acceptors (Lipinski definition) is 6. The zero-order chi connectivity index (χ0) is 20.5. The van der Waals surface area contributed by atoms with E-state index in [0.29, 0.717) is 17.2 Å². The van der Waals surface area contributed by atoms with Crippen LogP contribution < -0.4 is 24.8 Å². The Morgan fingerprint density at radius 3 is 2.64 bits per heavy atom. The van der Waals surface area contributed by atoms with Crippen molar-refractivity contribution >= 4 is 38.9 Å². The molecule has 0 radical (unpaired) electrons. The van der Waals surface area contributed by atoms with Gasteiger partial charge in [0.05, 0.1) is 29.1 Å². The van der Waals surface area contributed by atoms with Crippen LogP contribution in [0.1, 0.15) is 13.8 Å². The molecule has 3 rings (SSSR count). The van der Waals surface area contributed by atoms with Gasteiger partial charge in [-0.1, -0.05) is 0 Å². The lowest BCUT2D eigenvalue weighted by Gasteiger charge is -2.23. The van der Waals surface area contributed by atoms with Crippen molar-refractivity contribution < 1.29 is 27.5 Å². The lowest BCUT2D eigenvalue weighted by Crippen LogP contribution is -2.34. The highest BCUT2D eigenvalue weighted by Gasteiger charge is 2.24. The van der Waals surface area contributed by atoms with E-state index in [1.165, 1.54) is 44.4 Å². The second-order valence-electron chi connectivity index (χ2n) is 6.11. The number of fused-ring (bicyclic) bond motifs is 1. The van der Waals surface area contributed by atoms with E-state index in [1.807, 2.05) is 0 Å². The zero-order valence-electron chi connectivity index (χ0n) is 15.4. The first kappa shape index (κ1) is 19.5. The molecule has 1 atom stereocenters. The number of amides is 2. The van der Waals surface area contributed by atoms with E-state index in [-0.39, 0.29) is 28.1 Å². The molecule has 2 amide bonds. The van der Waals surface area contributed by atoms with Gasteiger partial charge in [0.1, 0.15) is 11.5 Å². The first-order valence-electron chi connectivity index (χ1n) is 8.29. The van der Waals surface area contributed by atoms with E-state index in [9.17, 15) is 18.0 Å². The van der Waals surface area contributed by atoms with Gasteiger partial charge < -0.3 is 20.1 Å². The van der Waals surface area contributed by atoms with E-state index < -0.39 is 16.1 Å². The van der Waals surface area contributed by atoms with Crippen LogP contribution in [0.5, 0.6) is 11.5 Å². The van der Waals surface area contributed by atoms with Crippen molar-refractivity contribution in [2.24, 2.45) is 0 Å². The van der Waals surface area contributed by atoms with Crippen molar-refractivity contribution in [3.63, 3.8) is 0 Å². The fourth-order valence-corrected chi connectivity index (χ4v) is 3.70. The van der Waals surface area contributed by atoms with Crippen LogP contribution in [0.2, 0.25) is 0 Å². The summed E-state index contributed by atoms with van der Waals surface area (Å²) in [7, 11) is -2.54. The fourth-order valence-electron chi connectivity index (χ4n) is 2.63. The van der Waals surface area contributed by atoms with E-state index in [1.54, 1.807) is 13.0 Å². The van der Waals surface area contributed by atoms with Gasteiger partial charge >= 0.3 is 0 Å². The van der Waals surface area contributed by atoms with Crippen LogP contribution in [0.3, 0.4) is 0 Å². The first-order valence-corrected chi connectivity index (χ1v) is 9.78. The van der Waals surface area contributed by atoms with Crippen LogP contribution >= 0.6 is 0 Å². The minimum atomic E-state index is -3.96. The Labute approximate surface area is 162 Å². The second-order valence-corrected chi connectivity index (χ2v) is 7.79. The first-order chi connectivity index (χ1) is 13.2. The number of hydrogen-bond donors (Lipinski definition) is 3. The van der Waals surface area contributed by atoms with Crippen molar-refractivity contribution in [2.45, 2.75) is 24.8 Å². The molecular formula is C18H19N3O6S. The molecular weight excluding hydrogens is 386 g/mol. The molecule has 1 aliphatic heterocycles. The van der Waals surface area contributed by atoms with E-state index in [2.05, 4.69) is 15.4 Å². The summed E-state index contributed by atoms with van der Waals surface area (Å²) in [6, 6.07) is 8.67. The van der Waals surface area contributed by atoms with E-state index in [0.717, 1.165) is 0 Å². The highest BCUT2D eigenvalue weighted by Crippen LogP contribution is 2.33. The minimum Gasteiger partial charge on any atom is -0.495 e. The average molecular weight is 405 g/mol. The van der Waals surface area contributed by atoms with Gasteiger partial charge in [0.25, 0.3) is 15.9 Å². The maximum atomic E-state index is 12.7. The predicted octanol–water partition coefficient (Wildman–Crippen LogP) is 2.17. The largest absolute Gasteiger partial charge is 0.495 e. The SMILES string of the molecule is COc1ccc(S(=O)(=O)Nc2ccc3c(c2)NC(=O)[C@@H](C)O3)cc1NC(C)=O. The van der Waals surface area contributed by atoms with Gasteiger partial charge in [-0.15, -0.1) is 0 Å². The zero-order valence-corrected chi connectivity index (χ0v) is 16.2. The molecule has 10 heteroatoms. The quantitative estimate of drug-likeness (QED) is 0.701. The molecule has 9 nitrogen and oxygen atoms in total. The average Bonchev–Trinajstić information content (AvgIpc) is 2.62. The van der Waals surface area contributed by atoms with Crippen molar-refractivity contribution in [2.75, 3.05) is 22.5 Å². The Bertz CT molecular complexity index is 1050. The van der Waals surface area contributed by atoms with E-state index in [4.69, 9.17) is 9.47 Å². The molecule has 28 heavy (non-hydrogen) atoms. The Morgan fingerprint density at radius 2 is 1.96 bits per heavy atom. The summed E-state index contributed by atoms with van der Waals surface area (Å²) >= 11 is 0. The van der Waals surface area contributed by atoms with Gasteiger partial charge in [0.2, 0.25) is 5.91 Å². The number of anilines is 3. The third kappa shape index (κ3) is 4.01. The molecule has 0 aromatic heterocycles. The van der Waals surface area contributed by atoms with Gasteiger partial charge in [-0.25, -0.2) is 8.42 Å².